The van der Waals surface area contributed by atoms with Crippen LogP contribution in [0.15, 0.2) is 12.2 Å². The fraction of sp³-hybridized carbons (Fsp3) is 0.714. The Morgan fingerprint density at radius 3 is 2.62 bits per heavy atom. The lowest BCUT2D eigenvalue weighted by Crippen LogP contribution is -2.51. The zero-order valence-electron chi connectivity index (χ0n) is 13.6. The summed E-state index contributed by atoms with van der Waals surface area (Å²) >= 11 is 0. The fourth-order valence-corrected chi connectivity index (χ4v) is 3.04. The molecule has 0 bridgehead atoms. The molecule has 2 amide bonds. The van der Waals surface area contributed by atoms with Crippen LogP contribution in [0.4, 0.5) is 4.79 Å². The van der Waals surface area contributed by atoms with Crippen LogP contribution in [0.1, 0.15) is 12.8 Å². The van der Waals surface area contributed by atoms with E-state index in [2.05, 4.69) is 25.7 Å². The molecule has 0 radical (unpaired) electrons. The van der Waals surface area contributed by atoms with Crippen molar-refractivity contribution in [3.8, 4) is 0 Å². The molecule has 21 heavy (non-hydrogen) atoms. The summed E-state index contributed by atoms with van der Waals surface area (Å²) in [7, 11) is 1.61. The fourth-order valence-electron chi connectivity index (χ4n) is 2.19. The lowest BCUT2D eigenvalue weighted by atomic mass is 10.2. The van der Waals surface area contributed by atoms with Crippen molar-refractivity contribution >= 4 is 20.1 Å². The first kappa shape index (κ1) is 17.7. The van der Waals surface area contributed by atoms with Crippen LogP contribution >= 0.6 is 0 Å². The van der Waals surface area contributed by atoms with Gasteiger partial charge in [0, 0.05) is 21.6 Å². The van der Waals surface area contributed by atoms with Gasteiger partial charge in [-0.15, -0.1) is 0 Å². The van der Waals surface area contributed by atoms with Crippen molar-refractivity contribution in [1.82, 2.24) is 10.0 Å². The number of rotatable bonds is 6. The molecule has 0 aliphatic carbocycles. The molecule has 0 N–H and O–H groups in total. The van der Waals surface area contributed by atoms with E-state index in [-0.39, 0.29) is 18.7 Å². The minimum Gasteiger partial charge on any atom is -0.451 e. The third-order valence-electron chi connectivity index (χ3n) is 3.21. The Morgan fingerprint density at radius 2 is 2.10 bits per heavy atom. The summed E-state index contributed by atoms with van der Waals surface area (Å²) in [6, 6.07) is 0.941. The van der Waals surface area contributed by atoms with Gasteiger partial charge in [0.1, 0.15) is 6.73 Å². The van der Waals surface area contributed by atoms with Crippen molar-refractivity contribution in [1.29, 1.82) is 0 Å². The van der Waals surface area contributed by atoms with Crippen LogP contribution < -0.4 is 0 Å². The van der Waals surface area contributed by atoms with Crippen LogP contribution in [-0.4, -0.2) is 57.1 Å². The van der Waals surface area contributed by atoms with Gasteiger partial charge in [0.2, 0.25) is 5.91 Å². The predicted molar refractivity (Wildman–Crippen MR) is 83.3 cm³/mol. The SMILES string of the molecule is COCN(C(=O)OC)N1C(=O)CCC1/C=C/C[Si](C)(C)C. The summed E-state index contributed by atoms with van der Waals surface area (Å²) in [6.07, 6.45) is 4.70. The molecule has 1 aliphatic rings. The van der Waals surface area contributed by atoms with Crippen LogP contribution in [0.2, 0.25) is 25.7 Å². The molecule has 0 spiro atoms. The molecule has 1 aliphatic heterocycles. The maximum absolute atomic E-state index is 12.1. The van der Waals surface area contributed by atoms with Crippen LogP contribution in [-0.2, 0) is 14.3 Å². The highest BCUT2D eigenvalue weighted by molar-refractivity contribution is 6.76. The molecule has 120 valence electrons. The van der Waals surface area contributed by atoms with Crippen molar-refractivity contribution in [2.45, 2.75) is 44.6 Å². The van der Waals surface area contributed by atoms with E-state index < -0.39 is 14.2 Å². The summed E-state index contributed by atoms with van der Waals surface area (Å²) in [4.78, 5) is 23.9. The average molecular weight is 314 g/mol. The Hall–Kier alpha value is -1.34. The van der Waals surface area contributed by atoms with Crippen molar-refractivity contribution in [2.24, 2.45) is 0 Å². The second-order valence-electron chi connectivity index (χ2n) is 6.32. The van der Waals surface area contributed by atoms with Gasteiger partial charge in [0.15, 0.2) is 0 Å². The lowest BCUT2D eigenvalue weighted by molar-refractivity contribution is -0.150. The molecule has 0 aromatic heterocycles. The Morgan fingerprint density at radius 1 is 1.43 bits per heavy atom. The van der Waals surface area contributed by atoms with Gasteiger partial charge in [-0.05, 0) is 12.5 Å². The number of hydrogen-bond acceptors (Lipinski definition) is 4. The van der Waals surface area contributed by atoms with Gasteiger partial charge in [-0.2, -0.15) is 5.01 Å². The molecule has 6 nitrogen and oxygen atoms in total. The third-order valence-corrected chi connectivity index (χ3v) is 4.67. The quantitative estimate of drug-likeness (QED) is 0.429. The monoisotopic (exact) mass is 314 g/mol. The van der Waals surface area contributed by atoms with E-state index in [0.717, 1.165) is 6.04 Å². The highest BCUT2D eigenvalue weighted by Gasteiger charge is 2.37. The molecule has 7 heteroatoms. The first-order valence-corrected chi connectivity index (χ1v) is 10.8. The number of methoxy groups -OCH3 is 2. The van der Waals surface area contributed by atoms with E-state index in [0.29, 0.717) is 12.8 Å². The van der Waals surface area contributed by atoms with Crippen molar-refractivity contribution in [3.63, 3.8) is 0 Å². The number of hydrazine groups is 1. The second kappa shape index (κ2) is 7.60. The van der Waals surface area contributed by atoms with Gasteiger partial charge in [0.25, 0.3) is 0 Å². The van der Waals surface area contributed by atoms with Crippen molar-refractivity contribution in [3.05, 3.63) is 12.2 Å². The molecule has 0 saturated carbocycles. The topological polar surface area (TPSA) is 59.1 Å². The molecule has 0 aromatic rings. The van der Waals surface area contributed by atoms with E-state index in [1.165, 1.54) is 24.2 Å². The van der Waals surface area contributed by atoms with Crippen LogP contribution in [0.3, 0.4) is 0 Å². The maximum atomic E-state index is 12.1. The van der Waals surface area contributed by atoms with Gasteiger partial charge >= 0.3 is 6.09 Å². The van der Waals surface area contributed by atoms with E-state index >= 15 is 0 Å². The zero-order valence-corrected chi connectivity index (χ0v) is 14.6. The van der Waals surface area contributed by atoms with Gasteiger partial charge < -0.3 is 9.47 Å². The lowest BCUT2D eigenvalue weighted by Gasteiger charge is -2.33. The first-order chi connectivity index (χ1) is 9.80. The minimum atomic E-state index is -1.16. The van der Waals surface area contributed by atoms with Crippen molar-refractivity contribution in [2.75, 3.05) is 21.0 Å². The Bertz CT molecular complexity index is 406. The molecular weight excluding hydrogens is 288 g/mol. The number of nitrogens with zero attached hydrogens (tertiary/aromatic N) is 2. The summed E-state index contributed by atoms with van der Waals surface area (Å²) in [6.45, 7) is 6.87. The molecule has 1 atom stereocenters. The molecule has 1 heterocycles. The molecule has 0 aromatic carbocycles. The number of carbonyl (C=O) groups is 2. The highest BCUT2D eigenvalue weighted by atomic mass is 28.3. The Kier molecular flexibility index (Phi) is 6.41. The molecule has 1 fully saturated rings. The summed E-state index contributed by atoms with van der Waals surface area (Å²) < 4.78 is 9.74. The van der Waals surface area contributed by atoms with Crippen molar-refractivity contribution < 1.29 is 19.1 Å². The highest BCUT2D eigenvalue weighted by Crippen LogP contribution is 2.23. The van der Waals surface area contributed by atoms with Gasteiger partial charge in [-0.25, -0.2) is 9.80 Å². The number of hydrogen-bond donors (Lipinski definition) is 0. The maximum Gasteiger partial charge on any atom is 0.430 e. The number of carbonyl (C=O) groups excluding carboxylic acids is 2. The molecule has 1 unspecified atom stereocenters. The zero-order chi connectivity index (χ0) is 16.0. The molecule has 1 rings (SSSR count). The Balaban J connectivity index is 2.84. The molecule has 1 saturated heterocycles. The third kappa shape index (κ3) is 5.17. The van der Waals surface area contributed by atoms with E-state index in [9.17, 15) is 9.59 Å². The standard InChI is InChI=1S/C14H26N2O4Si/c1-19-11-15(14(18)20-2)16-12(8-9-13(16)17)7-6-10-21(3,4)5/h6-7,12H,8-11H2,1-5H3/b7-6+. The second-order valence-corrected chi connectivity index (χ2v) is 11.9. The smallest absolute Gasteiger partial charge is 0.430 e. The first-order valence-electron chi connectivity index (χ1n) is 7.13. The number of amides is 2. The van der Waals surface area contributed by atoms with Crippen LogP contribution in [0, 0.1) is 0 Å². The summed E-state index contributed by atoms with van der Waals surface area (Å²) in [5.41, 5.74) is 0. The Labute approximate surface area is 127 Å². The van der Waals surface area contributed by atoms with Gasteiger partial charge in [0.05, 0.1) is 13.2 Å². The van der Waals surface area contributed by atoms with Gasteiger partial charge in [-0.1, -0.05) is 31.8 Å². The van der Waals surface area contributed by atoms with E-state index in [4.69, 9.17) is 9.47 Å². The van der Waals surface area contributed by atoms with E-state index in [1.807, 2.05) is 6.08 Å². The number of ether oxygens (including phenoxy) is 2. The summed E-state index contributed by atoms with van der Waals surface area (Å²) in [5, 5.41) is 2.68. The average Bonchev–Trinajstić information content (AvgIpc) is 2.75. The van der Waals surface area contributed by atoms with Crippen LogP contribution in [0.25, 0.3) is 0 Å². The normalized spacial score (nSPS) is 19.4. The van der Waals surface area contributed by atoms with Gasteiger partial charge in [-0.3, -0.25) is 4.79 Å². The molecular formula is C14H26N2O4Si. The van der Waals surface area contributed by atoms with E-state index in [1.54, 1.807) is 0 Å². The van der Waals surface area contributed by atoms with Crippen LogP contribution in [0.5, 0.6) is 0 Å². The number of allylic oxidation sites excluding steroid dienone is 1. The predicted octanol–water partition coefficient (Wildman–Crippen LogP) is 2.46. The summed E-state index contributed by atoms with van der Waals surface area (Å²) in [5.74, 6) is -0.0832. The largest absolute Gasteiger partial charge is 0.451 e. The minimum absolute atomic E-state index is 0.00320.